The van der Waals surface area contributed by atoms with Crippen LogP contribution in [0.3, 0.4) is 0 Å². The van der Waals surface area contributed by atoms with E-state index < -0.39 is 0 Å². The minimum atomic E-state index is -0.183. The molecule has 1 aromatic heterocycles. The monoisotopic (exact) mass is 199 g/mol. The Kier molecular flexibility index (Phi) is 1.54. The second-order valence-electron chi connectivity index (χ2n) is 3.62. The number of Topliss-reactive ketones (excluding diaryl/α,β-unsaturated/α-hetero) is 1. The molecule has 0 radical (unpaired) electrons. The molecule has 4 nitrogen and oxygen atoms in total. The maximum Gasteiger partial charge on any atom is 0.181 e. The first-order chi connectivity index (χ1) is 7.27. The van der Waals surface area contributed by atoms with Gasteiger partial charge in [0, 0.05) is 5.56 Å². The molecule has 0 saturated heterocycles. The molecular formula is C11H9N3O. The Morgan fingerprint density at radius 2 is 2.07 bits per heavy atom. The lowest BCUT2D eigenvalue weighted by Gasteiger charge is -1.95. The normalized spacial score (nSPS) is 17.3. The number of aromatic nitrogens is 3. The van der Waals surface area contributed by atoms with Gasteiger partial charge < -0.3 is 0 Å². The van der Waals surface area contributed by atoms with Gasteiger partial charge in [-0.15, -0.1) is 5.10 Å². The van der Waals surface area contributed by atoms with Crippen LogP contribution in [0.25, 0.3) is 11.4 Å². The second kappa shape index (κ2) is 2.76. The number of benzene rings is 1. The summed E-state index contributed by atoms with van der Waals surface area (Å²) in [4.78, 5) is 15.4. The summed E-state index contributed by atoms with van der Waals surface area (Å²) >= 11 is 0. The molecular weight excluding hydrogens is 190 g/mol. The fourth-order valence-corrected chi connectivity index (χ4v) is 1.69. The average Bonchev–Trinajstić information content (AvgIpc) is 2.77. The van der Waals surface area contributed by atoms with E-state index in [1.807, 2.05) is 30.3 Å². The van der Waals surface area contributed by atoms with Crippen molar-refractivity contribution in [2.75, 3.05) is 0 Å². The average molecular weight is 199 g/mol. The van der Waals surface area contributed by atoms with Crippen molar-refractivity contribution in [1.82, 2.24) is 14.8 Å². The Bertz CT molecular complexity index is 509. The molecule has 1 aliphatic heterocycles. The van der Waals surface area contributed by atoms with Crippen LogP contribution in [0, 0.1) is 0 Å². The molecule has 2 aromatic rings. The van der Waals surface area contributed by atoms with E-state index in [0.717, 1.165) is 11.4 Å². The molecule has 1 atom stereocenters. The van der Waals surface area contributed by atoms with Gasteiger partial charge in [-0.05, 0) is 6.92 Å². The van der Waals surface area contributed by atoms with Crippen LogP contribution in [-0.4, -0.2) is 20.5 Å². The molecule has 0 aliphatic carbocycles. The summed E-state index contributed by atoms with van der Waals surface area (Å²) in [5.41, 5.74) is 0.986. The van der Waals surface area contributed by atoms with Crippen molar-refractivity contribution in [3.05, 3.63) is 36.2 Å². The second-order valence-corrected chi connectivity index (χ2v) is 3.62. The van der Waals surface area contributed by atoms with Gasteiger partial charge in [0.2, 0.25) is 0 Å². The van der Waals surface area contributed by atoms with Gasteiger partial charge in [0.15, 0.2) is 23.5 Å². The number of hydrogen-bond acceptors (Lipinski definition) is 3. The number of carbonyl (C=O) groups is 1. The van der Waals surface area contributed by atoms with Crippen molar-refractivity contribution < 1.29 is 4.79 Å². The first-order valence-electron chi connectivity index (χ1n) is 4.79. The molecule has 0 saturated carbocycles. The summed E-state index contributed by atoms with van der Waals surface area (Å²) in [6, 6.07) is 9.57. The summed E-state index contributed by atoms with van der Waals surface area (Å²) in [5.74, 6) is 1.58. The quantitative estimate of drug-likeness (QED) is 0.735. The number of nitrogens with zero attached hydrogens (tertiary/aromatic N) is 3. The van der Waals surface area contributed by atoms with Crippen LogP contribution in [0.1, 0.15) is 18.8 Å². The third kappa shape index (κ3) is 1.18. The highest BCUT2D eigenvalue weighted by atomic mass is 16.1. The fraction of sp³-hybridized carbons (Fsp3) is 0.182. The van der Waals surface area contributed by atoms with Crippen molar-refractivity contribution >= 4 is 5.78 Å². The van der Waals surface area contributed by atoms with E-state index in [-0.39, 0.29) is 11.8 Å². The number of rotatable bonds is 2. The van der Waals surface area contributed by atoms with E-state index in [1.54, 1.807) is 11.6 Å². The lowest BCUT2D eigenvalue weighted by atomic mass is 10.2. The standard InChI is InChI=1S/C11H9N3O/c1-7(15)9-11-12-10(13-14(9)11)8-5-3-2-4-6-8/h2-6,9H,1H3. The fourth-order valence-electron chi connectivity index (χ4n) is 1.69. The van der Waals surface area contributed by atoms with E-state index >= 15 is 0 Å². The van der Waals surface area contributed by atoms with Crippen LogP contribution in [-0.2, 0) is 4.79 Å². The smallest absolute Gasteiger partial charge is 0.181 e. The Hall–Kier alpha value is -1.97. The van der Waals surface area contributed by atoms with Crippen LogP contribution in [0.5, 0.6) is 0 Å². The molecule has 0 N–H and O–H groups in total. The maximum atomic E-state index is 11.1. The first kappa shape index (κ1) is 8.35. The Morgan fingerprint density at radius 1 is 1.33 bits per heavy atom. The number of carbonyl (C=O) groups excluding carboxylic acids is 1. The molecule has 0 fully saturated rings. The zero-order valence-electron chi connectivity index (χ0n) is 8.21. The van der Waals surface area contributed by atoms with Crippen LogP contribution in [0.2, 0.25) is 0 Å². The van der Waals surface area contributed by atoms with Crippen molar-refractivity contribution in [3.63, 3.8) is 0 Å². The lowest BCUT2D eigenvalue weighted by Crippen LogP contribution is -1.99. The Balaban J connectivity index is 1.94. The summed E-state index contributed by atoms with van der Waals surface area (Å²) < 4.78 is 1.67. The summed E-state index contributed by atoms with van der Waals surface area (Å²) in [5, 5.41) is 4.26. The third-order valence-corrected chi connectivity index (χ3v) is 2.50. The number of fused-ring (bicyclic) bond motifs is 1. The highest BCUT2D eigenvalue weighted by Gasteiger charge is 2.41. The van der Waals surface area contributed by atoms with Crippen LogP contribution >= 0.6 is 0 Å². The van der Waals surface area contributed by atoms with Gasteiger partial charge in [0.05, 0.1) is 0 Å². The van der Waals surface area contributed by atoms with Gasteiger partial charge >= 0.3 is 0 Å². The zero-order chi connectivity index (χ0) is 10.4. The highest BCUT2D eigenvalue weighted by Crippen LogP contribution is 2.34. The van der Waals surface area contributed by atoms with Crippen LogP contribution in [0.4, 0.5) is 0 Å². The molecule has 15 heavy (non-hydrogen) atoms. The lowest BCUT2D eigenvalue weighted by molar-refractivity contribution is -0.117. The van der Waals surface area contributed by atoms with Crippen molar-refractivity contribution in [3.8, 4) is 11.4 Å². The maximum absolute atomic E-state index is 11.1. The number of ketones is 1. The van der Waals surface area contributed by atoms with Crippen molar-refractivity contribution in [2.45, 2.75) is 13.0 Å². The van der Waals surface area contributed by atoms with E-state index in [1.165, 1.54) is 0 Å². The molecule has 0 spiro atoms. The Labute approximate surface area is 86.6 Å². The van der Waals surface area contributed by atoms with Crippen molar-refractivity contribution in [1.29, 1.82) is 0 Å². The molecule has 2 heterocycles. The third-order valence-electron chi connectivity index (χ3n) is 2.50. The molecule has 1 unspecified atom stereocenters. The van der Waals surface area contributed by atoms with E-state index in [9.17, 15) is 4.79 Å². The van der Waals surface area contributed by atoms with Gasteiger partial charge in [-0.25, -0.2) is 9.67 Å². The van der Waals surface area contributed by atoms with Crippen molar-refractivity contribution in [2.24, 2.45) is 0 Å². The minimum Gasteiger partial charge on any atom is -0.297 e. The molecule has 4 heteroatoms. The molecule has 1 aromatic carbocycles. The molecule has 3 rings (SSSR count). The SMILES string of the molecule is CC(=O)C1c2nc(-c3ccccc3)nn21. The molecule has 1 aliphatic rings. The largest absolute Gasteiger partial charge is 0.297 e. The molecule has 0 bridgehead atoms. The van der Waals surface area contributed by atoms with Gasteiger partial charge in [-0.2, -0.15) is 0 Å². The Morgan fingerprint density at radius 3 is 2.60 bits per heavy atom. The predicted octanol–water partition coefficient (Wildman–Crippen LogP) is 1.44. The molecule has 74 valence electrons. The van der Waals surface area contributed by atoms with E-state index in [4.69, 9.17) is 0 Å². The van der Waals surface area contributed by atoms with Gasteiger partial charge in [0.25, 0.3) is 0 Å². The zero-order valence-corrected chi connectivity index (χ0v) is 8.21. The van der Waals surface area contributed by atoms with Gasteiger partial charge in [0.1, 0.15) is 0 Å². The first-order valence-corrected chi connectivity index (χ1v) is 4.79. The summed E-state index contributed by atoms with van der Waals surface area (Å²) in [6.45, 7) is 1.56. The minimum absolute atomic E-state index is 0.101. The van der Waals surface area contributed by atoms with E-state index in [2.05, 4.69) is 10.1 Å². The summed E-state index contributed by atoms with van der Waals surface area (Å²) in [6.07, 6.45) is 0. The van der Waals surface area contributed by atoms with Crippen LogP contribution in [0.15, 0.2) is 30.3 Å². The topological polar surface area (TPSA) is 47.8 Å². The molecule has 0 amide bonds. The predicted molar refractivity (Wildman–Crippen MR) is 54.3 cm³/mol. The summed E-state index contributed by atoms with van der Waals surface area (Å²) in [7, 11) is 0. The highest BCUT2D eigenvalue weighted by molar-refractivity contribution is 5.86. The van der Waals surface area contributed by atoms with Crippen LogP contribution < -0.4 is 0 Å². The van der Waals surface area contributed by atoms with Gasteiger partial charge in [-0.3, -0.25) is 4.79 Å². The van der Waals surface area contributed by atoms with Gasteiger partial charge in [-0.1, -0.05) is 30.3 Å². The number of hydrogen-bond donors (Lipinski definition) is 0. The van der Waals surface area contributed by atoms with E-state index in [0.29, 0.717) is 5.82 Å².